The summed E-state index contributed by atoms with van der Waals surface area (Å²) in [7, 11) is 0. The van der Waals surface area contributed by atoms with Gasteiger partial charge in [-0.3, -0.25) is 10.2 Å². The Morgan fingerprint density at radius 1 is 1.42 bits per heavy atom. The number of carbonyl (C=O) groups excluding carboxylic acids is 1. The summed E-state index contributed by atoms with van der Waals surface area (Å²) in [6.07, 6.45) is 7.65. The lowest BCUT2D eigenvalue weighted by atomic mass is 10.1. The van der Waals surface area contributed by atoms with Gasteiger partial charge in [-0.25, -0.2) is 5.84 Å². The molecule has 5 heteroatoms. The van der Waals surface area contributed by atoms with Gasteiger partial charge in [-0.05, 0) is 25.8 Å². The third-order valence-electron chi connectivity index (χ3n) is 3.61. The zero-order chi connectivity index (χ0) is 13.7. The second-order valence-electron chi connectivity index (χ2n) is 5.08. The average molecular weight is 266 g/mol. The molecule has 5 nitrogen and oxygen atoms in total. The monoisotopic (exact) mass is 266 g/mol. The van der Waals surface area contributed by atoms with Crippen molar-refractivity contribution in [3.63, 3.8) is 0 Å². The van der Waals surface area contributed by atoms with E-state index < -0.39 is 0 Å². The minimum atomic E-state index is -0.332. The van der Waals surface area contributed by atoms with E-state index in [9.17, 15) is 4.79 Å². The van der Waals surface area contributed by atoms with E-state index in [4.69, 9.17) is 15.0 Å². The molecule has 1 fully saturated rings. The smallest absolute Gasteiger partial charge is 0.268 e. The van der Waals surface area contributed by atoms with Crippen LogP contribution >= 0.6 is 0 Å². The number of aryl methyl sites for hydroxylation is 1. The van der Waals surface area contributed by atoms with E-state index in [1.807, 2.05) is 0 Å². The van der Waals surface area contributed by atoms with Crippen molar-refractivity contribution in [1.82, 2.24) is 5.43 Å². The van der Waals surface area contributed by atoms with Crippen LogP contribution in [0, 0.1) is 6.92 Å². The summed E-state index contributed by atoms with van der Waals surface area (Å²) in [5.41, 5.74) is 2.58. The molecule has 0 bridgehead atoms. The van der Waals surface area contributed by atoms with Crippen LogP contribution < -0.4 is 11.3 Å². The van der Waals surface area contributed by atoms with Gasteiger partial charge in [0.15, 0.2) is 0 Å². The molecule has 0 spiro atoms. The Labute approximate surface area is 113 Å². The van der Waals surface area contributed by atoms with Crippen LogP contribution in [-0.4, -0.2) is 12.0 Å². The Balaban J connectivity index is 1.90. The fourth-order valence-corrected chi connectivity index (χ4v) is 2.53. The van der Waals surface area contributed by atoms with E-state index in [2.05, 4.69) is 5.43 Å². The molecule has 0 aromatic carbocycles. The van der Waals surface area contributed by atoms with Crippen molar-refractivity contribution >= 4 is 5.91 Å². The summed E-state index contributed by atoms with van der Waals surface area (Å²) < 4.78 is 11.4. The third kappa shape index (κ3) is 3.81. The van der Waals surface area contributed by atoms with Crippen LogP contribution in [0.15, 0.2) is 10.5 Å². The first-order valence-corrected chi connectivity index (χ1v) is 6.92. The maximum atomic E-state index is 11.5. The molecule has 1 heterocycles. The number of nitrogens with two attached hydrogens (primary N) is 1. The van der Waals surface area contributed by atoms with Crippen molar-refractivity contribution in [2.24, 2.45) is 5.84 Å². The molecule has 1 aromatic heterocycles. The van der Waals surface area contributed by atoms with E-state index in [-0.39, 0.29) is 5.91 Å². The number of hydrogen-bond donors (Lipinski definition) is 2. The van der Waals surface area contributed by atoms with Crippen LogP contribution in [0.2, 0.25) is 0 Å². The summed E-state index contributed by atoms with van der Waals surface area (Å²) in [5.74, 6) is 6.04. The fraction of sp³-hybridized carbons (Fsp3) is 0.643. The Morgan fingerprint density at radius 2 is 2.11 bits per heavy atom. The molecule has 0 aliphatic heterocycles. The van der Waals surface area contributed by atoms with Crippen molar-refractivity contribution in [1.29, 1.82) is 0 Å². The van der Waals surface area contributed by atoms with Crippen LogP contribution in [0.1, 0.15) is 60.4 Å². The van der Waals surface area contributed by atoms with Gasteiger partial charge in [0.05, 0.1) is 11.7 Å². The van der Waals surface area contributed by atoms with Gasteiger partial charge < -0.3 is 9.15 Å². The second kappa shape index (κ2) is 6.73. The van der Waals surface area contributed by atoms with E-state index >= 15 is 0 Å². The van der Waals surface area contributed by atoms with Gasteiger partial charge in [0.2, 0.25) is 0 Å². The van der Waals surface area contributed by atoms with E-state index in [0.29, 0.717) is 29.8 Å². The highest BCUT2D eigenvalue weighted by atomic mass is 16.5. The Kier molecular flexibility index (Phi) is 4.99. The molecule has 0 atom stereocenters. The van der Waals surface area contributed by atoms with E-state index in [0.717, 1.165) is 12.8 Å². The highest BCUT2D eigenvalue weighted by Gasteiger charge is 2.16. The van der Waals surface area contributed by atoms with Gasteiger partial charge >= 0.3 is 0 Å². The van der Waals surface area contributed by atoms with Gasteiger partial charge in [0, 0.05) is 0 Å². The topological polar surface area (TPSA) is 77.5 Å². The highest BCUT2D eigenvalue weighted by molar-refractivity contribution is 5.94. The van der Waals surface area contributed by atoms with Crippen molar-refractivity contribution in [2.45, 2.75) is 58.2 Å². The number of carbonyl (C=O) groups is 1. The zero-order valence-corrected chi connectivity index (χ0v) is 11.4. The number of furan rings is 1. The number of nitrogen functional groups attached to an aromatic ring is 1. The quantitative estimate of drug-likeness (QED) is 0.380. The van der Waals surface area contributed by atoms with Crippen LogP contribution in [0.5, 0.6) is 0 Å². The molecule has 19 heavy (non-hydrogen) atoms. The zero-order valence-electron chi connectivity index (χ0n) is 11.4. The number of hydrogen-bond acceptors (Lipinski definition) is 4. The van der Waals surface area contributed by atoms with Crippen molar-refractivity contribution in [3.8, 4) is 0 Å². The summed E-state index contributed by atoms with van der Waals surface area (Å²) in [4.78, 5) is 11.5. The van der Waals surface area contributed by atoms with Crippen molar-refractivity contribution in [2.75, 3.05) is 0 Å². The van der Waals surface area contributed by atoms with Crippen LogP contribution in [0.25, 0.3) is 0 Å². The van der Waals surface area contributed by atoms with Crippen molar-refractivity contribution < 1.29 is 13.9 Å². The number of rotatable bonds is 4. The molecule has 3 N–H and O–H groups in total. The predicted octanol–water partition coefficient (Wildman–Crippen LogP) is 2.43. The molecule has 1 aliphatic rings. The molecule has 1 aromatic rings. The normalized spacial score (nSPS) is 17.2. The summed E-state index contributed by atoms with van der Waals surface area (Å²) in [5, 5.41) is 0. The lowest BCUT2D eigenvalue weighted by molar-refractivity contribution is 0.0216. The summed E-state index contributed by atoms with van der Waals surface area (Å²) in [6.45, 7) is 2.17. The van der Waals surface area contributed by atoms with Gasteiger partial charge in [-0.15, -0.1) is 0 Å². The summed E-state index contributed by atoms with van der Waals surface area (Å²) in [6, 6.07) is 1.70. The Morgan fingerprint density at radius 3 is 2.74 bits per heavy atom. The Hall–Kier alpha value is -1.33. The lowest BCUT2D eigenvalue weighted by Gasteiger charge is -2.13. The lowest BCUT2D eigenvalue weighted by Crippen LogP contribution is -2.30. The molecule has 0 radical (unpaired) electrons. The van der Waals surface area contributed by atoms with Crippen LogP contribution in [-0.2, 0) is 11.3 Å². The van der Waals surface area contributed by atoms with E-state index in [1.54, 1.807) is 13.0 Å². The average Bonchev–Trinajstić information content (AvgIpc) is 2.64. The molecule has 1 saturated carbocycles. The fourth-order valence-electron chi connectivity index (χ4n) is 2.53. The molecule has 0 unspecified atom stereocenters. The first kappa shape index (κ1) is 14.1. The minimum Gasteiger partial charge on any atom is -0.463 e. The van der Waals surface area contributed by atoms with Crippen LogP contribution in [0.4, 0.5) is 0 Å². The van der Waals surface area contributed by atoms with E-state index in [1.165, 1.54) is 25.7 Å². The number of hydrazine groups is 1. The molecule has 106 valence electrons. The van der Waals surface area contributed by atoms with Gasteiger partial charge in [0.1, 0.15) is 18.1 Å². The third-order valence-corrected chi connectivity index (χ3v) is 3.61. The van der Waals surface area contributed by atoms with Crippen molar-refractivity contribution in [3.05, 3.63) is 23.2 Å². The van der Waals surface area contributed by atoms with Crippen LogP contribution in [0.3, 0.4) is 0 Å². The maximum absolute atomic E-state index is 11.5. The predicted molar refractivity (Wildman–Crippen MR) is 71.4 cm³/mol. The number of amides is 1. The summed E-state index contributed by atoms with van der Waals surface area (Å²) >= 11 is 0. The van der Waals surface area contributed by atoms with Gasteiger partial charge in [0.25, 0.3) is 5.91 Å². The number of ether oxygens (including phenoxy) is 1. The largest absolute Gasteiger partial charge is 0.463 e. The molecule has 0 saturated heterocycles. The Bertz CT molecular complexity index is 420. The molecule has 1 aliphatic carbocycles. The second-order valence-corrected chi connectivity index (χ2v) is 5.08. The molecular formula is C14H22N2O3. The molecule has 2 rings (SSSR count). The minimum absolute atomic E-state index is 0.319. The molecular weight excluding hydrogens is 244 g/mol. The maximum Gasteiger partial charge on any atom is 0.268 e. The molecule has 1 amide bonds. The number of nitrogens with one attached hydrogen (secondary N) is 1. The SMILES string of the molecule is Cc1oc(COC2CCCCCC2)cc1C(=O)NN. The standard InChI is InChI=1S/C14H22N2O3/c1-10-13(14(17)16-15)8-12(19-10)9-18-11-6-4-2-3-5-7-11/h8,11H,2-7,9,15H2,1H3,(H,16,17). The van der Waals surface area contributed by atoms with Gasteiger partial charge in [-0.1, -0.05) is 25.7 Å². The highest BCUT2D eigenvalue weighted by Crippen LogP contribution is 2.22. The first-order chi connectivity index (χ1) is 9.20. The first-order valence-electron chi connectivity index (χ1n) is 6.92. The van der Waals surface area contributed by atoms with Gasteiger partial charge in [-0.2, -0.15) is 0 Å².